The molecule has 0 saturated carbocycles. The highest BCUT2D eigenvalue weighted by atomic mass is 35.5. The summed E-state index contributed by atoms with van der Waals surface area (Å²) in [5, 5.41) is 2.56. The van der Waals surface area contributed by atoms with Gasteiger partial charge in [-0.1, -0.05) is 47.7 Å². The molecule has 0 saturated heterocycles. The number of nitrogen functional groups attached to an aromatic ring is 1. The topological polar surface area (TPSA) is 38.9 Å². The first-order valence-electron chi connectivity index (χ1n) is 6.30. The monoisotopic (exact) mass is 282 g/mol. The van der Waals surface area contributed by atoms with Crippen molar-refractivity contribution in [3.8, 4) is 11.8 Å². The molecule has 0 unspecified atom stereocenters. The molecule has 0 fully saturated rings. The number of nitrogens with zero attached hydrogens (tertiary/aromatic N) is 1. The van der Waals surface area contributed by atoms with Crippen molar-refractivity contribution in [2.75, 3.05) is 5.73 Å². The zero-order valence-electron chi connectivity index (χ0n) is 11.4. The van der Waals surface area contributed by atoms with Crippen molar-refractivity contribution >= 4 is 28.2 Å². The molecule has 2 aromatic rings. The lowest BCUT2D eigenvalue weighted by atomic mass is 10.1. The van der Waals surface area contributed by atoms with Crippen LogP contribution in [-0.4, -0.2) is 4.98 Å². The number of hydrogen-bond acceptors (Lipinski definition) is 2. The fourth-order valence-corrected chi connectivity index (χ4v) is 2.03. The van der Waals surface area contributed by atoms with Gasteiger partial charge in [-0.15, -0.1) is 0 Å². The van der Waals surface area contributed by atoms with Crippen LogP contribution in [0.15, 0.2) is 48.2 Å². The summed E-state index contributed by atoms with van der Waals surface area (Å²) in [7, 11) is 0. The van der Waals surface area contributed by atoms with Crippen LogP contribution in [0.1, 0.15) is 19.4 Å². The molecule has 1 aromatic heterocycles. The molecule has 3 heteroatoms. The standard InChI is InChI=1S/C17H15ClN2/c1-3-5-12(4-2)6-9-15-16-10-14(18)8-7-13(16)11-20-17(15)19/h3-5,7-8,10-11H,1-2H3,(H2,19,20)/b5-3-,12-4+. The van der Waals surface area contributed by atoms with Crippen LogP contribution in [-0.2, 0) is 0 Å². The molecule has 0 amide bonds. The third-order valence-corrected chi connectivity index (χ3v) is 3.11. The number of anilines is 1. The predicted octanol–water partition coefficient (Wildman–Crippen LogP) is 4.34. The van der Waals surface area contributed by atoms with E-state index in [2.05, 4.69) is 16.8 Å². The Hall–Kier alpha value is -2.24. The minimum Gasteiger partial charge on any atom is -0.383 e. The molecule has 0 spiro atoms. The van der Waals surface area contributed by atoms with Crippen LogP contribution < -0.4 is 5.73 Å². The summed E-state index contributed by atoms with van der Waals surface area (Å²) in [6.07, 6.45) is 7.59. The van der Waals surface area contributed by atoms with Crippen molar-refractivity contribution in [1.82, 2.24) is 4.98 Å². The van der Waals surface area contributed by atoms with E-state index in [1.807, 2.05) is 50.3 Å². The van der Waals surface area contributed by atoms with Crippen LogP contribution in [0, 0.1) is 11.8 Å². The average molecular weight is 283 g/mol. The second kappa shape index (κ2) is 6.27. The molecule has 0 atom stereocenters. The van der Waals surface area contributed by atoms with Crippen LogP contribution in [0.25, 0.3) is 10.8 Å². The first-order chi connectivity index (χ1) is 9.65. The molecule has 0 aliphatic heterocycles. The molecule has 1 heterocycles. The first kappa shape index (κ1) is 14.2. The number of aromatic nitrogens is 1. The van der Waals surface area contributed by atoms with Crippen molar-refractivity contribution < 1.29 is 0 Å². The van der Waals surface area contributed by atoms with Gasteiger partial charge in [0.1, 0.15) is 5.82 Å². The zero-order valence-corrected chi connectivity index (χ0v) is 12.2. The number of fused-ring (bicyclic) bond motifs is 1. The molecular formula is C17H15ClN2. The number of hydrogen-bond donors (Lipinski definition) is 1. The van der Waals surface area contributed by atoms with Crippen molar-refractivity contribution in [2.45, 2.75) is 13.8 Å². The summed E-state index contributed by atoms with van der Waals surface area (Å²) in [5.74, 6) is 6.62. The summed E-state index contributed by atoms with van der Waals surface area (Å²) in [6.45, 7) is 3.91. The summed E-state index contributed by atoms with van der Waals surface area (Å²) < 4.78 is 0. The molecule has 2 N–H and O–H groups in total. The zero-order chi connectivity index (χ0) is 14.5. The highest BCUT2D eigenvalue weighted by molar-refractivity contribution is 6.31. The summed E-state index contributed by atoms with van der Waals surface area (Å²) in [6, 6.07) is 5.61. The Kier molecular flexibility index (Phi) is 4.45. The number of allylic oxidation sites excluding steroid dienone is 4. The van der Waals surface area contributed by atoms with E-state index in [9.17, 15) is 0 Å². The van der Waals surface area contributed by atoms with Gasteiger partial charge in [-0.3, -0.25) is 0 Å². The van der Waals surface area contributed by atoms with Crippen molar-refractivity contribution in [3.05, 3.63) is 58.8 Å². The second-order valence-electron chi connectivity index (χ2n) is 4.24. The van der Waals surface area contributed by atoms with Gasteiger partial charge in [-0.05, 0) is 26.0 Å². The Morgan fingerprint density at radius 2 is 2.15 bits per heavy atom. The predicted molar refractivity (Wildman–Crippen MR) is 86.6 cm³/mol. The minimum absolute atomic E-state index is 0.420. The molecule has 0 bridgehead atoms. The van der Waals surface area contributed by atoms with Crippen LogP contribution in [0.4, 0.5) is 5.82 Å². The lowest BCUT2D eigenvalue weighted by Crippen LogP contribution is -1.95. The summed E-state index contributed by atoms with van der Waals surface area (Å²) in [4.78, 5) is 4.18. The van der Waals surface area contributed by atoms with Gasteiger partial charge in [0.2, 0.25) is 0 Å². The van der Waals surface area contributed by atoms with Crippen LogP contribution in [0.3, 0.4) is 0 Å². The SMILES string of the molecule is C/C=C\C(C#Cc1c(N)ncc2ccc(Cl)cc12)=C/C. The molecule has 20 heavy (non-hydrogen) atoms. The van der Waals surface area contributed by atoms with Crippen molar-refractivity contribution in [3.63, 3.8) is 0 Å². The molecule has 2 rings (SSSR count). The number of pyridine rings is 1. The Bertz CT molecular complexity index is 756. The Labute approximate surface area is 124 Å². The van der Waals surface area contributed by atoms with Gasteiger partial charge in [0.25, 0.3) is 0 Å². The third-order valence-electron chi connectivity index (χ3n) is 2.87. The fourth-order valence-electron chi connectivity index (χ4n) is 1.85. The van der Waals surface area contributed by atoms with Crippen LogP contribution >= 0.6 is 11.6 Å². The first-order valence-corrected chi connectivity index (χ1v) is 6.68. The maximum absolute atomic E-state index is 6.05. The largest absolute Gasteiger partial charge is 0.383 e. The van der Waals surface area contributed by atoms with Crippen molar-refractivity contribution in [2.24, 2.45) is 0 Å². The van der Waals surface area contributed by atoms with Crippen LogP contribution in [0.2, 0.25) is 5.02 Å². The molecule has 0 aliphatic rings. The van der Waals surface area contributed by atoms with E-state index in [0.29, 0.717) is 16.4 Å². The molecule has 1 aromatic carbocycles. The highest BCUT2D eigenvalue weighted by Crippen LogP contribution is 2.24. The molecule has 0 radical (unpaired) electrons. The smallest absolute Gasteiger partial charge is 0.139 e. The van der Waals surface area contributed by atoms with Gasteiger partial charge in [0.05, 0.1) is 5.56 Å². The highest BCUT2D eigenvalue weighted by Gasteiger charge is 2.05. The van der Waals surface area contributed by atoms with E-state index in [4.69, 9.17) is 17.3 Å². The lowest BCUT2D eigenvalue weighted by Gasteiger charge is -2.04. The van der Waals surface area contributed by atoms with E-state index in [-0.39, 0.29) is 0 Å². The van der Waals surface area contributed by atoms with Gasteiger partial charge in [-0.25, -0.2) is 4.98 Å². The van der Waals surface area contributed by atoms with E-state index < -0.39 is 0 Å². The molecule has 100 valence electrons. The maximum Gasteiger partial charge on any atom is 0.139 e. The Morgan fingerprint density at radius 1 is 1.35 bits per heavy atom. The molecular weight excluding hydrogens is 268 g/mol. The van der Waals surface area contributed by atoms with E-state index in [1.165, 1.54) is 0 Å². The number of rotatable bonds is 1. The lowest BCUT2D eigenvalue weighted by molar-refractivity contribution is 1.36. The van der Waals surface area contributed by atoms with Crippen molar-refractivity contribution in [1.29, 1.82) is 0 Å². The van der Waals surface area contributed by atoms with Gasteiger partial charge >= 0.3 is 0 Å². The van der Waals surface area contributed by atoms with Gasteiger partial charge < -0.3 is 5.73 Å². The second-order valence-corrected chi connectivity index (χ2v) is 4.68. The van der Waals surface area contributed by atoms with Gasteiger partial charge in [-0.2, -0.15) is 0 Å². The third kappa shape index (κ3) is 3.01. The normalized spacial score (nSPS) is 11.7. The van der Waals surface area contributed by atoms with Crippen LogP contribution in [0.5, 0.6) is 0 Å². The van der Waals surface area contributed by atoms with E-state index >= 15 is 0 Å². The fraction of sp³-hybridized carbons (Fsp3) is 0.118. The Morgan fingerprint density at radius 3 is 2.85 bits per heavy atom. The molecule has 0 aliphatic carbocycles. The van der Waals surface area contributed by atoms with Gasteiger partial charge in [0, 0.05) is 27.6 Å². The average Bonchev–Trinajstić information content (AvgIpc) is 2.45. The van der Waals surface area contributed by atoms with Gasteiger partial charge in [0.15, 0.2) is 0 Å². The number of halogens is 1. The van der Waals surface area contributed by atoms with E-state index in [0.717, 1.165) is 16.3 Å². The number of benzene rings is 1. The number of nitrogens with two attached hydrogens (primary N) is 1. The maximum atomic E-state index is 6.05. The quantitative estimate of drug-likeness (QED) is 0.624. The molecule has 2 nitrogen and oxygen atoms in total. The summed E-state index contributed by atoms with van der Waals surface area (Å²) >= 11 is 6.05. The minimum atomic E-state index is 0.420. The summed E-state index contributed by atoms with van der Waals surface area (Å²) in [5.41, 5.74) is 7.60. The Balaban J connectivity index is 2.62. The van der Waals surface area contributed by atoms with E-state index in [1.54, 1.807) is 6.20 Å².